The summed E-state index contributed by atoms with van der Waals surface area (Å²) >= 11 is 1.66. The first-order valence-corrected chi connectivity index (χ1v) is 16.2. The molecule has 1 saturated carbocycles. The lowest BCUT2D eigenvalue weighted by Crippen LogP contribution is -2.38. The molecule has 37 heavy (non-hydrogen) atoms. The molecule has 1 aliphatic carbocycles. The van der Waals surface area contributed by atoms with Crippen LogP contribution in [0.15, 0.2) is 29.3 Å². The molecule has 2 aromatic rings. The Hall–Kier alpha value is -2.46. The number of amides is 2. The van der Waals surface area contributed by atoms with Gasteiger partial charge in [0.05, 0.1) is 22.1 Å². The lowest BCUT2D eigenvalue weighted by Gasteiger charge is -2.28. The molecule has 2 fully saturated rings. The number of rotatable bonds is 7. The number of thiol groups is 1. The fourth-order valence-corrected chi connectivity index (χ4v) is 9.49. The van der Waals surface area contributed by atoms with Crippen molar-refractivity contribution in [1.29, 1.82) is 0 Å². The molecule has 1 aromatic heterocycles. The zero-order valence-corrected chi connectivity index (χ0v) is 23.8. The van der Waals surface area contributed by atoms with E-state index in [4.69, 9.17) is 14.5 Å². The van der Waals surface area contributed by atoms with E-state index in [2.05, 4.69) is 10.6 Å². The van der Waals surface area contributed by atoms with Crippen LogP contribution in [0, 0.1) is 0 Å². The molecule has 2 aliphatic rings. The maximum Gasteiger partial charge on any atom is 0.411 e. The molecule has 8 nitrogen and oxygen atoms in total. The lowest BCUT2D eigenvalue weighted by molar-refractivity contribution is 0.109. The quantitative estimate of drug-likeness (QED) is 0.361. The van der Waals surface area contributed by atoms with E-state index in [1.165, 1.54) is 0 Å². The summed E-state index contributed by atoms with van der Waals surface area (Å²) in [6.07, 6.45) is 6.28. The summed E-state index contributed by atoms with van der Waals surface area (Å²) in [7, 11) is -2.54. The third kappa shape index (κ3) is 7.10. The van der Waals surface area contributed by atoms with Gasteiger partial charge in [0.25, 0.3) is 0 Å². The molecule has 1 saturated heterocycles. The van der Waals surface area contributed by atoms with Crippen molar-refractivity contribution in [2.24, 2.45) is 0 Å². The van der Waals surface area contributed by atoms with Gasteiger partial charge in [0.2, 0.25) is 0 Å². The van der Waals surface area contributed by atoms with Crippen LogP contribution < -0.4 is 10.6 Å². The second-order valence-electron chi connectivity index (χ2n) is 10.6. The van der Waals surface area contributed by atoms with Crippen LogP contribution in [0.1, 0.15) is 77.1 Å². The van der Waals surface area contributed by atoms with E-state index < -0.39 is 16.0 Å². The Morgan fingerprint density at radius 1 is 1.00 bits per heavy atom. The molecule has 0 bridgehead atoms. The molecule has 2 heterocycles. The van der Waals surface area contributed by atoms with Crippen molar-refractivity contribution in [2.45, 2.75) is 95.3 Å². The van der Waals surface area contributed by atoms with E-state index >= 15 is 0 Å². The minimum atomic E-state index is -2.54. The van der Waals surface area contributed by atoms with Crippen molar-refractivity contribution in [2.75, 3.05) is 16.8 Å². The average Bonchev–Trinajstić information content (AvgIpc) is 3.49. The molecule has 2 amide bonds. The van der Waals surface area contributed by atoms with Crippen LogP contribution >= 0.6 is 11.3 Å². The Kier molecular flexibility index (Phi) is 8.90. The maximum absolute atomic E-state index is 13.9. The van der Waals surface area contributed by atoms with Gasteiger partial charge >= 0.3 is 12.2 Å². The van der Waals surface area contributed by atoms with E-state index in [9.17, 15) is 13.8 Å². The van der Waals surface area contributed by atoms with Crippen LogP contribution in [0.25, 0.3) is 10.4 Å². The summed E-state index contributed by atoms with van der Waals surface area (Å²) in [4.78, 5) is 30.7. The predicted octanol–water partition coefficient (Wildman–Crippen LogP) is 6.10. The molecule has 1 aliphatic heterocycles. The number of anilines is 1. The van der Waals surface area contributed by atoms with E-state index in [1.54, 1.807) is 25.2 Å². The first-order chi connectivity index (χ1) is 17.6. The third-order valence-electron chi connectivity index (χ3n) is 6.84. The number of alkyl carbamates (subject to hydrolysis) is 1. The molecule has 10 heteroatoms. The molecule has 1 aromatic carbocycles. The summed E-state index contributed by atoms with van der Waals surface area (Å²) in [6.45, 7) is 7.29. The minimum absolute atomic E-state index is 0.128. The second-order valence-corrected chi connectivity index (χ2v) is 14.8. The van der Waals surface area contributed by atoms with Crippen molar-refractivity contribution < 1.29 is 23.3 Å². The number of nitrogens with zero attached hydrogens (tertiary/aromatic N) is 1. The van der Waals surface area contributed by atoms with Crippen LogP contribution in [0.3, 0.4) is 0 Å². The molecular weight excluding hydrogens is 510 g/mol. The van der Waals surface area contributed by atoms with Gasteiger partial charge in [-0.2, -0.15) is 0 Å². The summed E-state index contributed by atoms with van der Waals surface area (Å²) in [5, 5.41) is 6.84. The lowest BCUT2D eigenvalue weighted by atomic mass is 9.86. The number of carbonyl (C=O) groups excluding carboxylic acids is 2. The van der Waals surface area contributed by atoms with Gasteiger partial charge in [0.15, 0.2) is 0 Å². The van der Waals surface area contributed by atoms with Crippen LogP contribution in [0.4, 0.5) is 15.3 Å². The summed E-state index contributed by atoms with van der Waals surface area (Å²) < 4.78 is 24.3. The highest BCUT2D eigenvalue weighted by molar-refractivity contribution is 8.03. The van der Waals surface area contributed by atoms with Crippen molar-refractivity contribution in [1.82, 2.24) is 10.3 Å². The molecule has 2 N–H and O–H groups in total. The van der Waals surface area contributed by atoms with Gasteiger partial charge < -0.3 is 14.8 Å². The van der Waals surface area contributed by atoms with Gasteiger partial charge in [-0.05, 0) is 78.4 Å². The number of thiazole rings is 1. The molecule has 0 radical (unpaired) electrons. The highest BCUT2D eigenvalue weighted by Crippen LogP contribution is 2.42. The largest absolute Gasteiger partial charge is 0.447 e. The number of hydrogen-bond donors (Lipinski definition) is 3. The van der Waals surface area contributed by atoms with Crippen molar-refractivity contribution >= 4 is 39.1 Å². The second kappa shape index (κ2) is 11.9. The van der Waals surface area contributed by atoms with Crippen LogP contribution in [0.2, 0.25) is 0 Å². The van der Waals surface area contributed by atoms with E-state index in [0.29, 0.717) is 23.1 Å². The van der Waals surface area contributed by atoms with Gasteiger partial charge in [-0.1, -0.05) is 16.0 Å². The Bertz CT molecular complexity index is 1140. The van der Waals surface area contributed by atoms with Crippen LogP contribution in [0.5, 0.6) is 0 Å². The zero-order valence-electron chi connectivity index (χ0n) is 22.1. The number of ether oxygens (including phenoxy) is 2. The molecule has 4 rings (SSSR count). The first-order valence-electron chi connectivity index (χ1n) is 13.3. The normalized spacial score (nSPS) is 22.0. The van der Waals surface area contributed by atoms with Gasteiger partial charge in [-0.25, -0.2) is 14.6 Å². The number of hydrogen-bond acceptors (Lipinski definition) is 7. The molecule has 0 unspecified atom stereocenters. The zero-order chi connectivity index (χ0) is 26.6. The van der Waals surface area contributed by atoms with Crippen LogP contribution in [-0.2, 0) is 19.4 Å². The number of nitrogens with one attached hydrogen (secondary N) is 2. The Labute approximate surface area is 224 Å². The summed E-state index contributed by atoms with van der Waals surface area (Å²) in [6, 6.07) is 5.80. The predicted molar refractivity (Wildman–Crippen MR) is 149 cm³/mol. The van der Waals surface area contributed by atoms with Crippen molar-refractivity contribution in [3.63, 3.8) is 0 Å². The van der Waals surface area contributed by atoms with E-state index in [-0.39, 0.29) is 24.3 Å². The van der Waals surface area contributed by atoms with Crippen LogP contribution in [-0.4, -0.2) is 51.1 Å². The highest BCUT2D eigenvalue weighted by atomic mass is 32.2. The monoisotopic (exact) mass is 549 g/mol. The first kappa shape index (κ1) is 27.6. The van der Waals surface area contributed by atoms with Crippen molar-refractivity contribution in [3.05, 3.63) is 29.4 Å². The number of benzene rings is 1. The topological polar surface area (TPSA) is 107 Å². The van der Waals surface area contributed by atoms with Gasteiger partial charge in [-0.15, -0.1) is 11.3 Å². The highest BCUT2D eigenvalue weighted by Gasteiger charge is 2.29. The van der Waals surface area contributed by atoms with Gasteiger partial charge in [-0.3, -0.25) is 9.53 Å². The number of carbonyl (C=O) groups is 2. The molecule has 204 valence electrons. The minimum Gasteiger partial charge on any atom is -0.447 e. The summed E-state index contributed by atoms with van der Waals surface area (Å²) in [5.41, 5.74) is 1.54. The Morgan fingerprint density at radius 2 is 1.65 bits per heavy atom. The third-order valence-corrected chi connectivity index (χ3v) is 11.4. The standard InChI is InChI=1S/C27H39N3O5S2/c1-17(2)34-26(31)29-20-9-7-19(8-10-20)25-28-16-23(36-25)22-12-11-21(30-27(32)35-18(3)4)15-24(22)37(33)13-5-6-14-37/h11-12,15-20,37H,5-10,13-14H2,1-4H3,(H,29,31)(H,30,32). The van der Waals surface area contributed by atoms with E-state index in [1.807, 2.05) is 38.2 Å². The molecular formula is C27H39N3O5S2. The van der Waals surface area contributed by atoms with Gasteiger partial charge in [0, 0.05) is 45.8 Å². The maximum atomic E-state index is 13.9. The smallest absolute Gasteiger partial charge is 0.411 e. The SMILES string of the molecule is CC(C)OC(=O)Nc1ccc(-c2cnc(C3CCC(NC(=O)OC(C)C)CC3)s2)c([SH]2(=O)CCCC2)c1. The number of aromatic nitrogens is 1. The molecule has 0 spiro atoms. The van der Waals surface area contributed by atoms with E-state index in [0.717, 1.165) is 58.9 Å². The fourth-order valence-electron chi connectivity index (χ4n) is 5.10. The fraction of sp³-hybridized carbons (Fsp3) is 0.593. The Balaban J connectivity index is 1.49. The average molecular weight is 550 g/mol. The van der Waals surface area contributed by atoms with Crippen molar-refractivity contribution in [3.8, 4) is 10.4 Å². The van der Waals surface area contributed by atoms with Gasteiger partial charge in [0.1, 0.15) is 0 Å². The molecule has 0 atom stereocenters. The Morgan fingerprint density at radius 3 is 2.30 bits per heavy atom. The summed E-state index contributed by atoms with van der Waals surface area (Å²) in [5.74, 6) is 1.74.